The van der Waals surface area contributed by atoms with Crippen molar-refractivity contribution in [3.8, 4) is 0 Å². The Bertz CT molecular complexity index is 295. The van der Waals surface area contributed by atoms with Gasteiger partial charge in [-0.2, -0.15) is 0 Å². The molecule has 1 atom stereocenters. The lowest BCUT2D eigenvalue weighted by molar-refractivity contribution is 0.284. The van der Waals surface area contributed by atoms with Gasteiger partial charge in [-0.05, 0) is 25.7 Å². The average molecular weight is 195 g/mol. The Morgan fingerprint density at radius 1 is 1.43 bits per heavy atom. The van der Waals surface area contributed by atoms with Crippen molar-refractivity contribution in [2.45, 2.75) is 32.2 Å². The van der Waals surface area contributed by atoms with E-state index in [-0.39, 0.29) is 0 Å². The molecule has 1 aliphatic rings. The van der Waals surface area contributed by atoms with Crippen LogP contribution < -0.4 is 5.32 Å². The standard InChI is InChI=1S/C10H14FN3/c1-7(8-3-2-4-8)14-10-12-5-9(11)6-13-10/h5-8H,2-4H2,1H3,(H,12,13,14)/t7-/m1/s1. The summed E-state index contributed by atoms with van der Waals surface area (Å²) in [6.45, 7) is 2.12. The number of halogens is 1. The average Bonchev–Trinajstić information content (AvgIpc) is 2.06. The largest absolute Gasteiger partial charge is 0.351 e. The Labute approximate surface area is 82.8 Å². The highest BCUT2D eigenvalue weighted by Gasteiger charge is 2.24. The molecule has 1 fully saturated rings. The summed E-state index contributed by atoms with van der Waals surface area (Å²) in [6.07, 6.45) is 6.23. The lowest BCUT2D eigenvalue weighted by Gasteiger charge is -2.31. The number of anilines is 1. The molecule has 76 valence electrons. The fourth-order valence-electron chi connectivity index (χ4n) is 1.65. The summed E-state index contributed by atoms with van der Waals surface area (Å²) >= 11 is 0. The number of nitrogens with zero attached hydrogens (tertiary/aromatic N) is 2. The Morgan fingerprint density at radius 2 is 2.07 bits per heavy atom. The molecule has 1 N–H and O–H groups in total. The molecule has 0 bridgehead atoms. The second-order valence-electron chi connectivity index (χ2n) is 3.85. The van der Waals surface area contributed by atoms with Crippen LogP contribution in [0.1, 0.15) is 26.2 Å². The van der Waals surface area contributed by atoms with Crippen LogP contribution in [0.2, 0.25) is 0 Å². The molecular weight excluding hydrogens is 181 g/mol. The fraction of sp³-hybridized carbons (Fsp3) is 0.600. The third kappa shape index (κ3) is 2.00. The number of rotatable bonds is 3. The molecule has 2 rings (SSSR count). The maximum atomic E-state index is 12.5. The Hall–Kier alpha value is -1.19. The van der Waals surface area contributed by atoms with E-state index in [9.17, 15) is 4.39 Å². The molecule has 0 spiro atoms. The highest BCUT2D eigenvalue weighted by molar-refractivity contribution is 5.24. The van der Waals surface area contributed by atoms with E-state index in [2.05, 4.69) is 22.2 Å². The molecule has 0 saturated heterocycles. The third-order valence-corrected chi connectivity index (χ3v) is 2.83. The molecule has 4 heteroatoms. The first-order valence-corrected chi connectivity index (χ1v) is 5.00. The maximum Gasteiger partial charge on any atom is 0.222 e. The van der Waals surface area contributed by atoms with Crippen LogP contribution in [0.4, 0.5) is 10.3 Å². The highest BCUT2D eigenvalue weighted by atomic mass is 19.1. The molecule has 3 nitrogen and oxygen atoms in total. The van der Waals surface area contributed by atoms with Gasteiger partial charge < -0.3 is 5.32 Å². The lowest BCUT2D eigenvalue weighted by atomic mass is 9.80. The molecule has 0 amide bonds. The van der Waals surface area contributed by atoms with Crippen LogP contribution in [0.15, 0.2) is 12.4 Å². The Balaban J connectivity index is 1.92. The van der Waals surface area contributed by atoms with Crippen molar-refractivity contribution < 1.29 is 4.39 Å². The number of hydrogen-bond acceptors (Lipinski definition) is 3. The van der Waals surface area contributed by atoms with Crippen LogP contribution in [0.5, 0.6) is 0 Å². The fourth-order valence-corrected chi connectivity index (χ4v) is 1.65. The van der Waals surface area contributed by atoms with Crippen molar-refractivity contribution in [3.05, 3.63) is 18.2 Å². The molecule has 0 unspecified atom stereocenters. The normalized spacial score (nSPS) is 18.7. The Morgan fingerprint density at radius 3 is 2.57 bits per heavy atom. The Kier molecular flexibility index (Phi) is 2.61. The van der Waals surface area contributed by atoms with Crippen LogP contribution in [0, 0.1) is 11.7 Å². The van der Waals surface area contributed by atoms with Gasteiger partial charge >= 0.3 is 0 Å². The monoisotopic (exact) mass is 195 g/mol. The SMILES string of the molecule is C[C@@H](Nc1ncc(F)cn1)C1CCC1. The van der Waals surface area contributed by atoms with Gasteiger partial charge in [-0.15, -0.1) is 0 Å². The lowest BCUT2D eigenvalue weighted by Crippen LogP contribution is -2.31. The van der Waals surface area contributed by atoms with Crippen LogP contribution in [0.25, 0.3) is 0 Å². The van der Waals surface area contributed by atoms with Gasteiger partial charge in [0.1, 0.15) is 0 Å². The highest BCUT2D eigenvalue weighted by Crippen LogP contribution is 2.30. The van der Waals surface area contributed by atoms with Crippen molar-refractivity contribution in [1.29, 1.82) is 0 Å². The summed E-state index contributed by atoms with van der Waals surface area (Å²) in [6, 6.07) is 0.384. The topological polar surface area (TPSA) is 37.8 Å². The first-order chi connectivity index (χ1) is 6.75. The summed E-state index contributed by atoms with van der Waals surface area (Å²) in [4.78, 5) is 7.72. The van der Waals surface area contributed by atoms with Crippen molar-refractivity contribution >= 4 is 5.95 Å². The van der Waals surface area contributed by atoms with Crippen molar-refractivity contribution in [2.75, 3.05) is 5.32 Å². The predicted molar refractivity (Wildman–Crippen MR) is 52.4 cm³/mol. The first kappa shape index (κ1) is 9.37. The molecule has 1 aromatic rings. The van der Waals surface area contributed by atoms with E-state index in [1.54, 1.807) is 0 Å². The smallest absolute Gasteiger partial charge is 0.222 e. The summed E-state index contributed by atoms with van der Waals surface area (Å²) < 4.78 is 12.5. The summed E-state index contributed by atoms with van der Waals surface area (Å²) in [5.74, 6) is 0.848. The van der Waals surface area contributed by atoms with Gasteiger partial charge in [0, 0.05) is 6.04 Å². The minimum absolute atomic E-state index is 0.384. The summed E-state index contributed by atoms with van der Waals surface area (Å²) in [5.41, 5.74) is 0. The van der Waals surface area contributed by atoms with E-state index in [0.717, 1.165) is 5.92 Å². The van der Waals surface area contributed by atoms with Crippen LogP contribution >= 0.6 is 0 Å². The zero-order valence-corrected chi connectivity index (χ0v) is 8.20. The van der Waals surface area contributed by atoms with Gasteiger partial charge in [-0.25, -0.2) is 14.4 Å². The van der Waals surface area contributed by atoms with E-state index in [1.807, 2.05) is 0 Å². The van der Waals surface area contributed by atoms with Gasteiger partial charge in [0.2, 0.25) is 5.95 Å². The van der Waals surface area contributed by atoms with Crippen molar-refractivity contribution in [2.24, 2.45) is 5.92 Å². The van der Waals surface area contributed by atoms with Gasteiger partial charge in [0.05, 0.1) is 12.4 Å². The molecule has 1 aromatic heterocycles. The van der Waals surface area contributed by atoms with Gasteiger partial charge in [0.15, 0.2) is 5.82 Å². The summed E-state index contributed by atoms with van der Waals surface area (Å²) in [7, 11) is 0. The minimum Gasteiger partial charge on any atom is -0.351 e. The summed E-state index contributed by atoms with van der Waals surface area (Å²) in [5, 5.41) is 3.18. The van der Waals surface area contributed by atoms with Crippen LogP contribution in [0.3, 0.4) is 0 Å². The molecule has 14 heavy (non-hydrogen) atoms. The zero-order chi connectivity index (χ0) is 9.97. The number of hydrogen-bond donors (Lipinski definition) is 1. The molecule has 1 saturated carbocycles. The van der Waals surface area contributed by atoms with Crippen LogP contribution in [-0.4, -0.2) is 16.0 Å². The number of nitrogens with one attached hydrogen (secondary N) is 1. The van der Waals surface area contributed by atoms with Crippen LogP contribution in [-0.2, 0) is 0 Å². The van der Waals surface area contributed by atoms with Gasteiger partial charge in [-0.3, -0.25) is 0 Å². The molecule has 0 radical (unpaired) electrons. The maximum absolute atomic E-state index is 12.5. The molecule has 0 aliphatic heterocycles. The molecule has 1 heterocycles. The quantitative estimate of drug-likeness (QED) is 0.803. The molecule has 1 aliphatic carbocycles. The van der Waals surface area contributed by atoms with E-state index in [4.69, 9.17) is 0 Å². The van der Waals surface area contributed by atoms with Crippen molar-refractivity contribution in [1.82, 2.24) is 9.97 Å². The number of aromatic nitrogens is 2. The second kappa shape index (κ2) is 3.90. The molecule has 0 aromatic carbocycles. The first-order valence-electron chi connectivity index (χ1n) is 5.00. The van der Waals surface area contributed by atoms with E-state index >= 15 is 0 Å². The van der Waals surface area contributed by atoms with E-state index in [1.165, 1.54) is 31.7 Å². The predicted octanol–water partition coefficient (Wildman–Crippen LogP) is 2.22. The molecular formula is C10H14FN3. The van der Waals surface area contributed by atoms with Gasteiger partial charge in [0.25, 0.3) is 0 Å². The zero-order valence-electron chi connectivity index (χ0n) is 8.20. The van der Waals surface area contributed by atoms with Gasteiger partial charge in [-0.1, -0.05) is 6.42 Å². The minimum atomic E-state index is -0.396. The van der Waals surface area contributed by atoms with E-state index < -0.39 is 5.82 Å². The third-order valence-electron chi connectivity index (χ3n) is 2.83. The van der Waals surface area contributed by atoms with Crippen molar-refractivity contribution in [3.63, 3.8) is 0 Å². The van der Waals surface area contributed by atoms with E-state index in [0.29, 0.717) is 12.0 Å². The second-order valence-corrected chi connectivity index (χ2v) is 3.85.